The van der Waals surface area contributed by atoms with Gasteiger partial charge in [0.1, 0.15) is 6.17 Å². The summed E-state index contributed by atoms with van der Waals surface area (Å²) in [6.07, 6.45) is 0.388. The molecule has 0 heterocycles. The van der Waals surface area contributed by atoms with Crippen LogP contribution in [0.25, 0.3) is 0 Å². The van der Waals surface area contributed by atoms with Crippen molar-refractivity contribution in [1.82, 2.24) is 5.32 Å². The molecule has 0 aromatic carbocycles. The summed E-state index contributed by atoms with van der Waals surface area (Å²) in [7, 11) is 0. The molecule has 0 rings (SSSR count). The van der Waals surface area contributed by atoms with Gasteiger partial charge in [-0.05, 0) is 6.92 Å². The van der Waals surface area contributed by atoms with Crippen molar-refractivity contribution in [2.24, 2.45) is 0 Å². The van der Waals surface area contributed by atoms with Crippen LogP contribution in [0.3, 0.4) is 0 Å². The maximum atomic E-state index is 11.6. The van der Waals surface area contributed by atoms with Crippen LogP contribution in [0.15, 0.2) is 0 Å². The van der Waals surface area contributed by atoms with E-state index < -0.39 is 6.17 Å². The molecular weight excluding hydrogens is 97.0 g/mol. The molecule has 1 radical (unpaired) electrons. The van der Waals surface area contributed by atoms with Crippen molar-refractivity contribution in [2.75, 3.05) is 6.54 Å². The second-order valence-electron chi connectivity index (χ2n) is 1.26. The second-order valence-corrected chi connectivity index (χ2v) is 1.26. The molecule has 0 saturated heterocycles. The SMILES string of the molecule is CC(F)CN[C]=O. The summed E-state index contributed by atoms with van der Waals surface area (Å²) in [5, 5.41) is 2.07. The zero-order chi connectivity index (χ0) is 5.70. The van der Waals surface area contributed by atoms with E-state index in [1.165, 1.54) is 13.3 Å². The van der Waals surface area contributed by atoms with Crippen LogP contribution in [0.1, 0.15) is 6.92 Å². The normalized spacial score (nSPS) is 12.9. The Morgan fingerprint density at radius 1 is 2.00 bits per heavy atom. The molecule has 1 amide bonds. The molecule has 0 aliphatic heterocycles. The third kappa shape index (κ3) is 5.40. The summed E-state index contributed by atoms with van der Waals surface area (Å²) >= 11 is 0. The van der Waals surface area contributed by atoms with Crippen molar-refractivity contribution in [1.29, 1.82) is 0 Å². The van der Waals surface area contributed by atoms with Gasteiger partial charge in [-0.15, -0.1) is 0 Å². The van der Waals surface area contributed by atoms with E-state index in [1.807, 2.05) is 0 Å². The zero-order valence-electron chi connectivity index (χ0n) is 4.07. The van der Waals surface area contributed by atoms with Gasteiger partial charge in [-0.3, -0.25) is 4.79 Å². The molecule has 3 heteroatoms. The summed E-state index contributed by atoms with van der Waals surface area (Å²) in [6.45, 7) is 1.42. The molecule has 1 atom stereocenters. The van der Waals surface area contributed by atoms with Gasteiger partial charge in [-0.1, -0.05) is 0 Å². The van der Waals surface area contributed by atoms with Gasteiger partial charge in [0, 0.05) is 6.54 Å². The first kappa shape index (κ1) is 6.40. The molecule has 0 aromatic heterocycles. The van der Waals surface area contributed by atoms with Crippen LogP contribution in [0.5, 0.6) is 0 Å². The standard InChI is InChI=1S/C4H7FNO/c1-4(5)2-6-3-7/h4H,2H2,1H3,(H,6,7). The maximum Gasteiger partial charge on any atom is 0.309 e. The predicted octanol–water partition coefficient (Wildman–Crippen LogP) is 0.00120. The summed E-state index contributed by atoms with van der Waals surface area (Å²) in [4.78, 5) is 9.31. The molecule has 1 unspecified atom stereocenters. The van der Waals surface area contributed by atoms with Crippen molar-refractivity contribution in [3.8, 4) is 0 Å². The zero-order valence-corrected chi connectivity index (χ0v) is 4.07. The van der Waals surface area contributed by atoms with Crippen molar-refractivity contribution in [3.05, 3.63) is 0 Å². The van der Waals surface area contributed by atoms with Gasteiger partial charge < -0.3 is 5.32 Å². The van der Waals surface area contributed by atoms with Gasteiger partial charge >= 0.3 is 6.41 Å². The Bertz CT molecular complexity index is 55.7. The largest absolute Gasteiger partial charge is 0.345 e. The van der Waals surface area contributed by atoms with Crippen LogP contribution < -0.4 is 5.32 Å². The van der Waals surface area contributed by atoms with E-state index in [1.54, 1.807) is 0 Å². The van der Waals surface area contributed by atoms with Gasteiger partial charge in [-0.25, -0.2) is 4.39 Å². The lowest BCUT2D eigenvalue weighted by Crippen LogP contribution is -2.19. The van der Waals surface area contributed by atoms with Gasteiger partial charge in [0.15, 0.2) is 0 Å². The van der Waals surface area contributed by atoms with Gasteiger partial charge in [0.2, 0.25) is 0 Å². The second kappa shape index (κ2) is 3.59. The molecule has 1 N–H and O–H groups in total. The smallest absolute Gasteiger partial charge is 0.309 e. The average molecular weight is 104 g/mol. The van der Waals surface area contributed by atoms with E-state index in [0.717, 1.165) is 0 Å². The van der Waals surface area contributed by atoms with E-state index >= 15 is 0 Å². The van der Waals surface area contributed by atoms with Crippen LogP contribution in [0, 0.1) is 0 Å². The first-order valence-corrected chi connectivity index (χ1v) is 2.01. The highest BCUT2D eigenvalue weighted by Crippen LogP contribution is 1.80. The number of hydrogen-bond acceptors (Lipinski definition) is 1. The van der Waals surface area contributed by atoms with Crippen LogP contribution in [-0.4, -0.2) is 19.1 Å². The maximum absolute atomic E-state index is 11.6. The fraction of sp³-hybridized carbons (Fsp3) is 0.750. The highest BCUT2D eigenvalue weighted by atomic mass is 19.1. The van der Waals surface area contributed by atoms with Gasteiger partial charge in [0.05, 0.1) is 0 Å². The molecule has 0 aromatic rings. The quantitative estimate of drug-likeness (QED) is 0.502. The summed E-state index contributed by atoms with van der Waals surface area (Å²) < 4.78 is 11.6. The van der Waals surface area contributed by atoms with Crippen LogP contribution in [-0.2, 0) is 4.79 Å². The molecule has 7 heavy (non-hydrogen) atoms. The third-order valence-corrected chi connectivity index (χ3v) is 0.456. The lowest BCUT2D eigenvalue weighted by Gasteiger charge is -1.94. The minimum atomic E-state index is -0.971. The molecule has 41 valence electrons. The molecular formula is C4H7FNO. The Hall–Kier alpha value is -0.600. The third-order valence-electron chi connectivity index (χ3n) is 0.456. The molecule has 2 nitrogen and oxygen atoms in total. The first-order valence-electron chi connectivity index (χ1n) is 2.01. The number of halogens is 1. The van der Waals surface area contributed by atoms with Crippen LogP contribution >= 0.6 is 0 Å². The molecule has 0 saturated carbocycles. The highest BCUT2D eigenvalue weighted by Gasteiger charge is 1.92. The van der Waals surface area contributed by atoms with Crippen LogP contribution in [0.4, 0.5) is 4.39 Å². The summed E-state index contributed by atoms with van der Waals surface area (Å²) in [6, 6.07) is 0. The fourth-order valence-electron chi connectivity index (χ4n) is 0.182. The summed E-state index contributed by atoms with van der Waals surface area (Å²) in [5.41, 5.74) is 0. The Morgan fingerprint density at radius 2 is 2.57 bits per heavy atom. The first-order chi connectivity index (χ1) is 3.27. The number of amides is 1. The Morgan fingerprint density at radius 3 is 2.71 bits per heavy atom. The van der Waals surface area contributed by atoms with E-state index in [4.69, 9.17) is 0 Å². The summed E-state index contributed by atoms with van der Waals surface area (Å²) in [5.74, 6) is 0. The minimum absolute atomic E-state index is 0.0590. The molecule has 0 aliphatic rings. The molecule has 0 aliphatic carbocycles. The molecule has 0 bridgehead atoms. The van der Waals surface area contributed by atoms with E-state index in [2.05, 4.69) is 5.32 Å². The molecule has 0 fully saturated rings. The highest BCUT2D eigenvalue weighted by molar-refractivity contribution is 5.46. The number of rotatable bonds is 3. The fourth-order valence-corrected chi connectivity index (χ4v) is 0.182. The topological polar surface area (TPSA) is 29.1 Å². The van der Waals surface area contributed by atoms with Gasteiger partial charge in [0.25, 0.3) is 0 Å². The van der Waals surface area contributed by atoms with Crippen molar-refractivity contribution < 1.29 is 9.18 Å². The number of alkyl halides is 1. The Labute approximate surface area is 41.7 Å². The Kier molecular flexibility index (Phi) is 3.28. The Balaban J connectivity index is 2.81. The van der Waals surface area contributed by atoms with Gasteiger partial charge in [-0.2, -0.15) is 0 Å². The van der Waals surface area contributed by atoms with E-state index in [9.17, 15) is 9.18 Å². The molecule has 0 spiro atoms. The monoisotopic (exact) mass is 104 g/mol. The van der Waals surface area contributed by atoms with E-state index in [-0.39, 0.29) is 6.54 Å². The van der Waals surface area contributed by atoms with Crippen molar-refractivity contribution >= 4 is 6.41 Å². The van der Waals surface area contributed by atoms with Crippen LogP contribution in [0.2, 0.25) is 0 Å². The van der Waals surface area contributed by atoms with Crippen molar-refractivity contribution in [2.45, 2.75) is 13.1 Å². The predicted molar refractivity (Wildman–Crippen MR) is 24.3 cm³/mol. The number of nitrogens with one attached hydrogen (secondary N) is 1. The lowest BCUT2D eigenvalue weighted by atomic mass is 10.4. The number of hydrogen-bond donors (Lipinski definition) is 1. The lowest BCUT2D eigenvalue weighted by molar-refractivity contribution is 0.357. The average Bonchev–Trinajstić information content (AvgIpc) is 1.61. The van der Waals surface area contributed by atoms with Crippen molar-refractivity contribution in [3.63, 3.8) is 0 Å². The van der Waals surface area contributed by atoms with E-state index in [0.29, 0.717) is 0 Å². The number of carbonyl (C=O) groups excluding carboxylic acids is 1. The minimum Gasteiger partial charge on any atom is -0.345 e.